The lowest BCUT2D eigenvalue weighted by molar-refractivity contribution is -0.129. The zero-order chi connectivity index (χ0) is 15.4. The van der Waals surface area contributed by atoms with Crippen LogP contribution in [0, 0.1) is 11.6 Å². The molecule has 1 atom stereocenters. The number of imide groups is 1. The Morgan fingerprint density at radius 2 is 2.10 bits per heavy atom. The third-order valence-electron chi connectivity index (χ3n) is 3.24. The van der Waals surface area contributed by atoms with Crippen LogP contribution in [0.1, 0.15) is 30.9 Å². The molecule has 1 saturated heterocycles. The summed E-state index contributed by atoms with van der Waals surface area (Å²) >= 11 is 5.54. The van der Waals surface area contributed by atoms with E-state index in [0.717, 1.165) is 17.0 Å². The van der Waals surface area contributed by atoms with Crippen LogP contribution in [-0.4, -0.2) is 29.4 Å². The van der Waals surface area contributed by atoms with Gasteiger partial charge in [0.25, 0.3) is 0 Å². The summed E-state index contributed by atoms with van der Waals surface area (Å²) in [5.74, 6) is -1.98. The molecule has 0 N–H and O–H groups in total. The molecule has 0 spiro atoms. The van der Waals surface area contributed by atoms with Gasteiger partial charge in [0.05, 0.1) is 0 Å². The lowest BCUT2D eigenvalue weighted by Crippen LogP contribution is -2.34. The first-order valence-corrected chi connectivity index (χ1v) is 7.07. The average molecular weight is 318 g/mol. The van der Waals surface area contributed by atoms with Crippen LogP contribution < -0.4 is 0 Å². The summed E-state index contributed by atoms with van der Waals surface area (Å²) in [5.41, 5.74) is 0.324. The fourth-order valence-corrected chi connectivity index (χ4v) is 2.34. The molecular formula is C14H14ClF2NO3. The molecule has 1 heterocycles. The predicted octanol–water partition coefficient (Wildman–Crippen LogP) is 3.39. The van der Waals surface area contributed by atoms with Crippen molar-refractivity contribution in [3.05, 3.63) is 35.4 Å². The van der Waals surface area contributed by atoms with Crippen molar-refractivity contribution in [2.24, 2.45) is 0 Å². The molecule has 21 heavy (non-hydrogen) atoms. The van der Waals surface area contributed by atoms with Gasteiger partial charge in [0, 0.05) is 12.3 Å². The molecule has 2 rings (SSSR count). The Labute approximate surface area is 125 Å². The van der Waals surface area contributed by atoms with E-state index < -0.39 is 29.7 Å². The van der Waals surface area contributed by atoms with Crippen molar-refractivity contribution in [1.29, 1.82) is 0 Å². The zero-order valence-electron chi connectivity index (χ0n) is 11.2. The van der Waals surface area contributed by atoms with Gasteiger partial charge in [0.15, 0.2) is 11.6 Å². The molecule has 4 nitrogen and oxygen atoms in total. The maximum absolute atomic E-state index is 13.3. The summed E-state index contributed by atoms with van der Waals surface area (Å²) in [7, 11) is 0. The van der Waals surface area contributed by atoms with E-state index in [9.17, 15) is 18.4 Å². The lowest BCUT2D eigenvalue weighted by atomic mass is 10.1. The van der Waals surface area contributed by atoms with E-state index in [1.54, 1.807) is 0 Å². The summed E-state index contributed by atoms with van der Waals surface area (Å²) in [5, 5.41) is 0. The molecule has 1 aliphatic heterocycles. The largest absolute Gasteiger partial charge is 0.446 e. The zero-order valence-corrected chi connectivity index (χ0v) is 11.9. The van der Waals surface area contributed by atoms with Crippen molar-refractivity contribution in [2.45, 2.75) is 25.3 Å². The second-order valence-corrected chi connectivity index (χ2v) is 5.05. The molecule has 7 heteroatoms. The van der Waals surface area contributed by atoms with E-state index in [4.69, 9.17) is 16.3 Å². The van der Waals surface area contributed by atoms with Gasteiger partial charge in [-0.3, -0.25) is 4.79 Å². The molecule has 2 amide bonds. The van der Waals surface area contributed by atoms with Crippen LogP contribution in [0.5, 0.6) is 0 Å². The Hall–Kier alpha value is -1.69. The number of cyclic esters (lactones) is 1. The summed E-state index contributed by atoms with van der Waals surface area (Å²) in [6, 6.07) is 2.55. The van der Waals surface area contributed by atoms with E-state index in [1.807, 2.05) is 0 Å². The number of halogens is 3. The number of unbranched alkanes of at least 4 members (excludes halogenated alkanes) is 1. The number of ether oxygens (including phenoxy) is 1. The number of carbonyl (C=O) groups excluding carboxylic acids is 2. The molecule has 1 aromatic carbocycles. The standard InChI is InChI=1S/C14H14ClF2NO3/c15-6-2-1-3-13(19)18-12(8-21-14(18)20)9-4-5-10(16)11(17)7-9/h4-5,7,12H,1-3,6,8H2/t12-/m0/s1. The van der Waals surface area contributed by atoms with Gasteiger partial charge in [0.2, 0.25) is 5.91 Å². The van der Waals surface area contributed by atoms with E-state index in [1.165, 1.54) is 6.07 Å². The van der Waals surface area contributed by atoms with Crippen LogP contribution in [0.3, 0.4) is 0 Å². The van der Waals surface area contributed by atoms with Gasteiger partial charge in [-0.2, -0.15) is 0 Å². The van der Waals surface area contributed by atoms with Crippen LogP contribution in [0.25, 0.3) is 0 Å². The Bertz CT molecular complexity index is 553. The Morgan fingerprint density at radius 3 is 2.76 bits per heavy atom. The number of hydrogen-bond acceptors (Lipinski definition) is 3. The minimum atomic E-state index is -1.03. The molecule has 0 aliphatic carbocycles. The van der Waals surface area contributed by atoms with Crippen molar-refractivity contribution in [3.63, 3.8) is 0 Å². The van der Waals surface area contributed by atoms with Gasteiger partial charge in [-0.1, -0.05) is 6.07 Å². The van der Waals surface area contributed by atoms with Crippen molar-refractivity contribution in [1.82, 2.24) is 4.90 Å². The molecule has 0 aromatic heterocycles. The van der Waals surface area contributed by atoms with Crippen LogP contribution in [0.15, 0.2) is 18.2 Å². The first kappa shape index (κ1) is 15.7. The van der Waals surface area contributed by atoms with Crippen molar-refractivity contribution in [3.8, 4) is 0 Å². The number of hydrogen-bond donors (Lipinski definition) is 0. The molecular weight excluding hydrogens is 304 g/mol. The maximum Gasteiger partial charge on any atom is 0.417 e. The Kier molecular flexibility index (Phi) is 5.12. The summed E-state index contributed by atoms with van der Waals surface area (Å²) in [4.78, 5) is 24.7. The highest BCUT2D eigenvalue weighted by atomic mass is 35.5. The van der Waals surface area contributed by atoms with Crippen molar-refractivity contribution < 1.29 is 23.1 Å². The predicted molar refractivity (Wildman–Crippen MR) is 71.9 cm³/mol. The Morgan fingerprint density at radius 1 is 1.33 bits per heavy atom. The maximum atomic E-state index is 13.3. The fraction of sp³-hybridized carbons (Fsp3) is 0.429. The monoisotopic (exact) mass is 317 g/mol. The minimum absolute atomic E-state index is 0.0643. The highest BCUT2D eigenvalue weighted by molar-refractivity contribution is 6.17. The van der Waals surface area contributed by atoms with Crippen molar-refractivity contribution in [2.75, 3.05) is 12.5 Å². The first-order valence-electron chi connectivity index (χ1n) is 6.54. The van der Waals surface area contributed by atoms with Gasteiger partial charge in [-0.25, -0.2) is 18.5 Å². The third kappa shape index (κ3) is 3.50. The lowest BCUT2D eigenvalue weighted by Gasteiger charge is -2.20. The third-order valence-corrected chi connectivity index (χ3v) is 3.51. The van der Waals surface area contributed by atoms with Gasteiger partial charge in [0.1, 0.15) is 12.6 Å². The molecule has 0 radical (unpaired) electrons. The number of benzene rings is 1. The van der Waals surface area contributed by atoms with Crippen LogP contribution in [0.4, 0.5) is 13.6 Å². The summed E-state index contributed by atoms with van der Waals surface area (Å²) in [6.45, 7) is -0.0643. The highest BCUT2D eigenvalue weighted by Crippen LogP contribution is 2.29. The average Bonchev–Trinajstić information content (AvgIpc) is 2.84. The molecule has 1 fully saturated rings. The van der Waals surface area contributed by atoms with Gasteiger partial charge < -0.3 is 4.74 Å². The molecule has 0 saturated carbocycles. The van der Waals surface area contributed by atoms with Crippen LogP contribution in [0.2, 0.25) is 0 Å². The number of alkyl halides is 1. The second kappa shape index (κ2) is 6.85. The number of nitrogens with zero attached hydrogens (tertiary/aromatic N) is 1. The van der Waals surface area contributed by atoms with Gasteiger partial charge >= 0.3 is 6.09 Å². The normalized spacial score (nSPS) is 18.0. The number of rotatable bonds is 5. The van der Waals surface area contributed by atoms with Crippen LogP contribution >= 0.6 is 11.6 Å². The van der Waals surface area contributed by atoms with E-state index in [-0.39, 0.29) is 13.0 Å². The second-order valence-electron chi connectivity index (χ2n) is 4.68. The van der Waals surface area contributed by atoms with Gasteiger partial charge in [-0.15, -0.1) is 11.6 Å². The molecule has 1 aliphatic rings. The molecule has 0 unspecified atom stereocenters. The molecule has 114 valence electrons. The fourth-order valence-electron chi connectivity index (χ4n) is 2.15. The summed E-state index contributed by atoms with van der Waals surface area (Å²) < 4.78 is 31.1. The Balaban J connectivity index is 2.15. The topological polar surface area (TPSA) is 46.6 Å². The smallest absolute Gasteiger partial charge is 0.417 e. The van der Waals surface area contributed by atoms with E-state index in [2.05, 4.69) is 0 Å². The SMILES string of the molecule is O=C(CCCCCl)N1C(=O)OC[C@H]1c1ccc(F)c(F)c1. The number of carbonyl (C=O) groups is 2. The summed E-state index contributed by atoms with van der Waals surface area (Å²) in [6.07, 6.45) is 0.602. The first-order chi connectivity index (χ1) is 10.0. The number of amides is 2. The van der Waals surface area contributed by atoms with Crippen molar-refractivity contribution >= 4 is 23.6 Å². The van der Waals surface area contributed by atoms with Gasteiger partial charge in [-0.05, 0) is 30.5 Å². The minimum Gasteiger partial charge on any atom is -0.446 e. The molecule has 1 aromatic rings. The van der Waals surface area contributed by atoms with E-state index in [0.29, 0.717) is 24.3 Å². The highest BCUT2D eigenvalue weighted by Gasteiger charge is 2.38. The molecule has 0 bridgehead atoms. The van der Waals surface area contributed by atoms with E-state index >= 15 is 0 Å². The van der Waals surface area contributed by atoms with Crippen LogP contribution in [-0.2, 0) is 9.53 Å². The quantitative estimate of drug-likeness (QED) is 0.617.